The van der Waals surface area contributed by atoms with Gasteiger partial charge in [0.05, 0.1) is 4.88 Å². The number of pyridine rings is 1. The summed E-state index contributed by atoms with van der Waals surface area (Å²) in [6, 6.07) is 5.01. The van der Waals surface area contributed by atoms with Gasteiger partial charge < -0.3 is 15.2 Å². The average molecular weight is 359 g/mol. The Hall–Kier alpha value is -2.41. The van der Waals surface area contributed by atoms with Crippen molar-refractivity contribution in [1.82, 2.24) is 15.2 Å². The summed E-state index contributed by atoms with van der Waals surface area (Å²) < 4.78 is 0. The summed E-state index contributed by atoms with van der Waals surface area (Å²) in [5, 5.41) is 4.67. The van der Waals surface area contributed by atoms with Gasteiger partial charge >= 0.3 is 0 Å². The molecule has 0 bridgehead atoms. The lowest BCUT2D eigenvalue weighted by molar-refractivity contribution is -0.125. The van der Waals surface area contributed by atoms with E-state index in [1.54, 1.807) is 11.0 Å². The lowest BCUT2D eigenvalue weighted by Gasteiger charge is -2.23. The number of aromatic nitrogens is 1. The summed E-state index contributed by atoms with van der Waals surface area (Å²) in [5.41, 5.74) is 2.00. The number of carbonyl (C=O) groups is 2. The second-order valence-corrected chi connectivity index (χ2v) is 7.24. The van der Waals surface area contributed by atoms with Crippen molar-refractivity contribution in [1.29, 1.82) is 0 Å². The van der Waals surface area contributed by atoms with Crippen LogP contribution in [-0.2, 0) is 11.3 Å². The van der Waals surface area contributed by atoms with Gasteiger partial charge in [-0.3, -0.25) is 14.4 Å². The van der Waals surface area contributed by atoms with Crippen molar-refractivity contribution >= 4 is 23.2 Å². The molecule has 3 heterocycles. The molecular formula is C18H21N3O3S. The number of nitrogens with zero attached hydrogens (tertiary/aromatic N) is 1. The van der Waals surface area contributed by atoms with Gasteiger partial charge in [-0.05, 0) is 49.8 Å². The van der Waals surface area contributed by atoms with E-state index in [2.05, 4.69) is 10.3 Å². The van der Waals surface area contributed by atoms with Crippen molar-refractivity contribution in [2.24, 2.45) is 0 Å². The molecule has 0 aromatic carbocycles. The number of likely N-dealkylation sites (tertiary alicyclic amines) is 1. The minimum absolute atomic E-state index is 0.1000. The summed E-state index contributed by atoms with van der Waals surface area (Å²) in [6.45, 7) is 4.42. The van der Waals surface area contributed by atoms with Gasteiger partial charge in [-0.15, -0.1) is 11.3 Å². The number of carbonyl (C=O) groups excluding carboxylic acids is 2. The molecule has 0 spiro atoms. The molecule has 1 saturated heterocycles. The smallest absolute Gasteiger partial charge is 0.264 e. The molecule has 2 aromatic rings. The number of thiophene rings is 1. The molecule has 25 heavy (non-hydrogen) atoms. The summed E-state index contributed by atoms with van der Waals surface area (Å²) >= 11 is 1.38. The minimum atomic E-state index is -0.473. The van der Waals surface area contributed by atoms with Crippen LogP contribution in [0.4, 0.5) is 0 Å². The fraction of sp³-hybridized carbons (Fsp3) is 0.389. The number of H-pyrrole nitrogens is 1. The quantitative estimate of drug-likeness (QED) is 0.876. The normalized spacial score (nSPS) is 16.9. The van der Waals surface area contributed by atoms with Gasteiger partial charge in [-0.2, -0.15) is 0 Å². The zero-order valence-corrected chi connectivity index (χ0v) is 15.1. The molecule has 6 nitrogen and oxygen atoms in total. The Kier molecular flexibility index (Phi) is 5.03. The first-order chi connectivity index (χ1) is 12.0. The molecule has 132 valence electrons. The van der Waals surface area contributed by atoms with Crippen molar-refractivity contribution in [3.05, 3.63) is 55.6 Å². The minimum Gasteiger partial charge on any atom is -0.350 e. The van der Waals surface area contributed by atoms with Crippen molar-refractivity contribution in [3.8, 4) is 0 Å². The van der Waals surface area contributed by atoms with Gasteiger partial charge in [0, 0.05) is 24.3 Å². The second kappa shape index (κ2) is 7.23. The van der Waals surface area contributed by atoms with E-state index in [4.69, 9.17) is 0 Å². The van der Waals surface area contributed by atoms with E-state index >= 15 is 0 Å². The maximum Gasteiger partial charge on any atom is 0.264 e. The lowest BCUT2D eigenvalue weighted by atomic mass is 10.1. The highest BCUT2D eigenvalue weighted by Crippen LogP contribution is 2.22. The maximum atomic E-state index is 12.6. The van der Waals surface area contributed by atoms with E-state index < -0.39 is 6.04 Å². The fourth-order valence-corrected chi connectivity index (χ4v) is 3.90. The second-order valence-electron chi connectivity index (χ2n) is 6.29. The molecule has 0 aliphatic carbocycles. The Morgan fingerprint density at radius 1 is 1.40 bits per heavy atom. The molecule has 0 unspecified atom stereocenters. The molecule has 7 heteroatoms. The molecular weight excluding hydrogens is 338 g/mol. The number of amides is 2. The first kappa shape index (κ1) is 17.4. The Morgan fingerprint density at radius 2 is 2.20 bits per heavy atom. The number of aryl methyl sites for hydroxylation is 2. The summed E-state index contributed by atoms with van der Waals surface area (Å²) in [7, 11) is 0. The van der Waals surface area contributed by atoms with Gasteiger partial charge in [0.25, 0.3) is 11.5 Å². The first-order valence-corrected chi connectivity index (χ1v) is 9.17. The Balaban J connectivity index is 1.69. The Bertz CT molecular complexity index is 842. The third kappa shape index (κ3) is 3.66. The van der Waals surface area contributed by atoms with E-state index in [-0.39, 0.29) is 23.9 Å². The van der Waals surface area contributed by atoms with Gasteiger partial charge in [-0.1, -0.05) is 6.07 Å². The van der Waals surface area contributed by atoms with Crippen molar-refractivity contribution < 1.29 is 9.59 Å². The predicted molar refractivity (Wildman–Crippen MR) is 96.8 cm³/mol. The first-order valence-electron chi connectivity index (χ1n) is 8.29. The van der Waals surface area contributed by atoms with Crippen LogP contribution in [0.5, 0.6) is 0 Å². The molecule has 3 rings (SSSR count). The standard InChI is InChI=1S/C18H21N3O3S/c1-11-9-12(2)20-16(22)13(11)10-19-17(23)14-5-3-7-21(14)18(24)15-6-4-8-25-15/h4,6,8-9,14H,3,5,7,10H2,1-2H3,(H,19,23)(H,20,22)/t14-/m1/s1. The van der Waals surface area contributed by atoms with Crippen molar-refractivity contribution in [2.75, 3.05) is 6.54 Å². The topological polar surface area (TPSA) is 82.3 Å². The van der Waals surface area contributed by atoms with Gasteiger partial charge in [-0.25, -0.2) is 0 Å². The maximum absolute atomic E-state index is 12.6. The van der Waals surface area contributed by atoms with Crippen molar-refractivity contribution in [3.63, 3.8) is 0 Å². The summed E-state index contributed by atoms with van der Waals surface area (Å²) in [4.78, 5) is 42.2. The molecule has 1 aliphatic heterocycles. The fourth-order valence-electron chi connectivity index (χ4n) is 3.22. The van der Waals surface area contributed by atoms with E-state index in [1.165, 1.54) is 11.3 Å². The molecule has 2 amide bonds. The average Bonchev–Trinajstić information content (AvgIpc) is 3.24. The monoisotopic (exact) mass is 359 g/mol. The van der Waals surface area contributed by atoms with Crippen LogP contribution < -0.4 is 10.9 Å². The number of aromatic amines is 1. The van der Waals surface area contributed by atoms with E-state index in [1.807, 2.05) is 31.4 Å². The number of nitrogens with one attached hydrogen (secondary N) is 2. The highest BCUT2D eigenvalue weighted by atomic mass is 32.1. The SMILES string of the molecule is Cc1cc(C)c(CNC(=O)[C@H]2CCCN2C(=O)c2cccs2)c(=O)[nH]1. The number of hydrogen-bond acceptors (Lipinski definition) is 4. The van der Waals surface area contributed by atoms with Crippen LogP contribution in [0.25, 0.3) is 0 Å². The largest absolute Gasteiger partial charge is 0.350 e. The zero-order valence-electron chi connectivity index (χ0n) is 14.3. The molecule has 0 saturated carbocycles. The van der Waals surface area contributed by atoms with Crippen LogP contribution in [0.15, 0.2) is 28.4 Å². The van der Waals surface area contributed by atoms with Gasteiger partial charge in [0.1, 0.15) is 6.04 Å². The predicted octanol–water partition coefficient (Wildman–Crippen LogP) is 1.97. The Labute approximate surface area is 149 Å². The summed E-state index contributed by atoms with van der Waals surface area (Å²) in [5.74, 6) is -0.307. The number of hydrogen-bond donors (Lipinski definition) is 2. The van der Waals surface area contributed by atoms with E-state index in [0.29, 0.717) is 23.4 Å². The zero-order chi connectivity index (χ0) is 18.0. The van der Waals surface area contributed by atoms with Gasteiger partial charge in [0.15, 0.2) is 0 Å². The molecule has 1 aliphatic rings. The van der Waals surface area contributed by atoms with Crippen LogP contribution in [-0.4, -0.2) is 34.3 Å². The number of rotatable bonds is 4. The molecule has 2 aromatic heterocycles. The highest BCUT2D eigenvalue weighted by Gasteiger charge is 2.34. The lowest BCUT2D eigenvalue weighted by Crippen LogP contribution is -2.46. The molecule has 1 fully saturated rings. The highest BCUT2D eigenvalue weighted by molar-refractivity contribution is 7.12. The van der Waals surface area contributed by atoms with Crippen molar-refractivity contribution in [2.45, 2.75) is 39.3 Å². The molecule has 0 radical (unpaired) electrons. The summed E-state index contributed by atoms with van der Waals surface area (Å²) in [6.07, 6.45) is 1.45. The van der Waals surface area contributed by atoms with Gasteiger partial charge in [0.2, 0.25) is 5.91 Å². The molecule has 2 N–H and O–H groups in total. The van der Waals surface area contributed by atoms with Crippen LogP contribution in [0.3, 0.4) is 0 Å². The van der Waals surface area contributed by atoms with Crippen LogP contribution in [0.2, 0.25) is 0 Å². The van der Waals surface area contributed by atoms with E-state index in [0.717, 1.165) is 17.7 Å². The molecule has 1 atom stereocenters. The Morgan fingerprint density at radius 3 is 2.88 bits per heavy atom. The third-order valence-electron chi connectivity index (χ3n) is 4.48. The van der Waals surface area contributed by atoms with Crippen LogP contribution in [0.1, 0.15) is 39.3 Å². The van der Waals surface area contributed by atoms with Crippen LogP contribution >= 0.6 is 11.3 Å². The van der Waals surface area contributed by atoms with E-state index in [9.17, 15) is 14.4 Å². The van der Waals surface area contributed by atoms with Crippen LogP contribution in [0, 0.1) is 13.8 Å². The third-order valence-corrected chi connectivity index (χ3v) is 5.34.